The van der Waals surface area contributed by atoms with E-state index in [-0.39, 0.29) is 99.5 Å². The highest BCUT2D eigenvalue weighted by atomic mass is 16.3. The first-order valence-corrected chi connectivity index (χ1v) is 28.4. The summed E-state index contributed by atoms with van der Waals surface area (Å²) in [4.78, 5) is 125. The zero-order chi connectivity index (χ0) is 57.6. The van der Waals surface area contributed by atoms with E-state index in [0.29, 0.717) is 76.3 Å². The van der Waals surface area contributed by atoms with E-state index < -0.39 is 71.9 Å². The summed E-state index contributed by atoms with van der Waals surface area (Å²) in [5, 5.41) is 36.3. The normalized spacial score (nSPS) is 23.3. The molecule has 0 spiro atoms. The highest BCUT2D eigenvalue weighted by Gasteiger charge is 2.49. The Hall–Kier alpha value is -7.33. The van der Waals surface area contributed by atoms with Crippen molar-refractivity contribution in [3.05, 3.63) is 71.8 Å². The summed E-state index contributed by atoms with van der Waals surface area (Å²) < 4.78 is 0. The van der Waals surface area contributed by atoms with E-state index in [1.807, 2.05) is 44.2 Å². The molecule has 2 aromatic rings. The molecule has 2 aromatic carbocycles. The maximum Gasteiger partial charge on any atom is 0.247 e. The van der Waals surface area contributed by atoms with Gasteiger partial charge in [0.05, 0.1) is 12.1 Å². The molecule has 0 unspecified atom stereocenters. The van der Waals surface area contributed by atoms with Crippen LogP contribution in [0.4, 0.5) is 0 Å². The number of fused-ring (bicyclic) bond motifs is 2. The standard InChI is InChI=1S/C59H81N11O10/c1-5-44(60-3)53(74)67-51-40(25-27-42-29-31-46(69(42)58(51)79)55(76)65-35-38-19-13-11-14-20-38)36-64-49(73)24-18-10-8-7-9-17-23-48(72)62-33-34-63-57(78)50(39-21-15-12-16-22-39)66-56(77)47-32-30-43-28-26-41(37-71)52(59(80)70(43)47)68-54(75)45(6-2)61-4/h11-16,19-22,40-47,50-52,60-61,71H,5-6,17-18,23-37H2,1-4H3,(H,62,72)(H,63,78)(H,64,73)(H,65,76)(H,66,77)(H,67,74)(H,68,75)/t40-,41-,42+,43+,44+,45+,46+,47+,50+,51+,52+/m1/s1. The first-order valence-electron chi connectivity index (χ1n) is 28.4. The van der Waals surface area contributed by atoms with E-state index in [4.69, 9.17) is 0 Å². The lowest BCUT2D eigenvalue weighted by Gasteiger charge is -2.33. The summed E-state index contributed by atoms with van der Waals surface area (Å²) in [5.41, 5.74) is 1.46. The Labute approximate surface area is 469 Å². The molecule has 0 bridgehead atoms. The van der Waals surface area contributed by atoms with Crippen molar-refractivity contribution in [3.63, 3.8) is 0 Å². The number of hydrogen-bond donors (Lipinski definition) is 10. The van der Waals surface area contributed by atoms with Gasteiger partial charge in [0.1, 0.15) is 30.2 Å². The second-order valence-corrected chi connectivity index (χ2v) is 20.9. The number of aliphatic hydroxyl groups excluding tert-OH is 1. The zero-order valence-corrected chi connectivity index (χ0v) is 46.6. The van der Waals surface area contributed by atoms with Crippen LogP contribution in [0.2, 0.25) is 0 Å². The summed E-state index contributed by atoms with van der Waals surface area (Å²) in [6, 6.07) is 12.1. The van der Waals surface area contributed by atoms with Gasteiger partial charge in [0, 0.05) is 82.4 Å². The van der Waals surface area contributed by atoms with Gasteiger partial charge in [0.25, 0.3) is 0 Å². The molecule has 11 atom stereocenters. The Morgan fingerprint density at radius 3 is 1.61 bits per heavy atom. The number of rotatable bonds is 25. The number of aliphatic hydroxyl groups is 1. The second-order valence-electron chi connectivity index (χ2n) is 20.9. The molecule has 80 heavy (non-hydrogen) atoms. The quantitative estimate of drug-likeness (QED) is 0.0483. The lowest BCUT2D eigenvalue weighted by atomic mass is 9.92. The van der Waals surface area contributed by atoms with Gasteiger partial charge < -0.3 is 62.8 Å². The van der Waals surface area contributed by atoms with Crippen molar-refractivity contribution in [1.82, 2.24) is 57.7 Å². The Balaban J connectivity index is 0.925. The number of hydrogen-bond acceptors (Lipinski definition) is 12. The average molecular weight is 1100 g/mol. The van der Waals surface area contributed by atoms with Crippen LogP contribution in [0.1, 0.15) is 121 Å². The molecule has 0 aliphatic carbocycles. The number of nitrogens with zero attached hydrogens (tertiary/aromatic N) is 2. The van der Waals surface area contributed by atoms with Gasteiger partial charge in [-0.3, -0.25) is 43.2 Å². The van der Waals surface area contributed by atoms with Crippen molar-refractivity contribution in [2.45, 2.75) is 165 Å². The van der Waals surface area contributed by atoms with Crippen LogP contribution in [-0.4, -0.2) is 157 Å². The molecule has 6 rings (SSSR count). The number of amides is 9. The van der Waals surface area contributed by atoms with Crippen molar-refractivity contribution in [2.24, 2.45) is 11.8 Å². The number of carbonyl (C=O) groups is 9. The third-order valence-corrected chi connectivity index (χ3v) is 15.8. The van der Waals surface area contributed by atoms with Gasteiger partial charge in [-0.25, -0.2) is 0 Å². The number of nitrogens with one attached hydrogen (secondary N) is 9. The van der Waals surface area contributed by atoms with Gasteiger partial charge in [-0.2, -0.15) is 0 Å². The van der Waals surface area contributed by atoms with Crippen molar-refractivity contribution in [3.8, 4) is 23.7 Å². The first kappa shape index (κ1) is 61.9. The average Bonchev–Trinajstić information content (AvgIpc) is 4.06. The van der Waals surface area contributed by atoms with Gasteiger partial charge in [-0.15, -0.1) is 0 Å². The predicted molar refractivity (Wildman–Crippen MR) is 299 cm³/mol. The van der Waals surface area contributed by atoms with Crippen molar-refractivity contribution in [2.75, 3.05) is 40.3 Å². The highest BCUT2D eigenvalue weighted by molar-refractivity contribution is 5.97. The fraction of sp³-hybridized carbons (Fsp3) is 0.576. The van der Waals surface area contributed by atoms with E-state index in [1.54, 1.807) is 49.3 Å². The maximum absolute atomic E-state index is 14.4. The Morgan fingerprint density at radius 2 is 1.07 bits per heavy atom. The topological polar surface area (TPSA) is 289 Å². The fourth-order valence-electron chi connectivity index (χ4n) is 11.3. The molecule has 10 N–H and O–H groups in total. The third kappa shape index (κ3) is 16.9. The van der Waals surface area contributed by atoms with Gasteiger partial charge in [0.2, 0.25) is 53.2 Å². The molecule has 4 aliphatic rings. The lowest BCUT2D eigenvalue weighted by molar-refractivity contribution is -0.144. The molecular formula is C59H81N11O10. The zero-order valence-electron chi connectivity index (χ0n) is 46.6. The summed E-state index contributed by atoms with van der Waals surface area (Å²) >= 11 is 0. The van der Waals surface area contributed by atoms with Crippen LogP contribution < -0.4 is 47.9 Å². The molecule has 9 amide bonds. The third-order valence-electron chi connectivity index (χ3n) is 15.8. The molecule has 4 fully saturated rings. The molecule has 21 heteroatoms. The van der Waals surface area contributed by atoms with Gasteiger partial charge >= 0.3 is 0 Å². The summed E-state index contributed by atoms with van der Waals surface area (Å²) in [6.45, 7) is 4.04. The highest BCUT2D eigenvalue weighted by Crippen LogP contribution is 2.36. The molecular weight excluding hydrogens is 1020 g/mol. The van der Waals surface area contributed by atoms with Gasteiger partial charge in [-0.05, 0) is 101 Å². The number of benzene rings is 2. The second kappa shape index (κ2) is 31.5. The molecule has 4 saturated heterocycles. The van der Waals surface area contributed by atoms with Gasteiger partial charge in [-0.1, -0.05) is 86.4 Å². The van der Waals surface area contributed by atoms with E-state index in [1.165, 1.54) is 4.90 Å². The molecule has 0 saturated carbocycles. The van der Waals surface area contributed by atoms with Crippen LogP contribution in [0, 0.1) is 35.5 Å². The summed E-state index contributed by atoms with van der Waals surface area (Å²) in [7, 11) is 3.34. The minimum atomic E-state index is -1.11. The van der Waals surface area contributed by atoms with Crippen LogP contribution in [-0.2, 0) is 49.7 Å². The largest absolute Gasteiger partial charge is 0.396 e. The molecule has 0 aromatic heterocycles. The van der Waals surface area contributed by atoms with Crippen LogP contribution in [0.25, 0.3) is 0 Å². The minimum absolute atomic E-state index is 0.0569. The Morgan fingerprint density at radius 1 is 0.588 bits per heavy atom. The van der Waals surface area contributed by atoms with E-state index >= 15 is 0 Å². The van der Waals surface area contributed by atoms with E-state index in [0.717, 1.165) is 5.56 Å². The van der Waals surface area contributed by atoms with Crippen LogP contribution in [0.15, 0.2) is 60.7 Å². The minimum Gasteiger partial charge on any atom is -0.396 e. The monoisotopic (exact) mass is 1100 g/mol. The Bertz CT molecular complexity index is 2590. The lowest BCUT2D eigenvalue weighted by Crippen LogP contribution is -2.59. The predicted octanol–water partition coefficient (Wildman–Crippen LogP) is 0.573. The molecule has 4 aliphatic heterocycles. The Kier molecular flexibility index (Phi) is 24.3. The smallest absolute Gasteiger partial charge is 0.247 e. The molecule has 0 radical (unpaired) electrons. The van der Waals surface area contributed by atoms with Crippen LogP contribution >= 0.6 is 0 Å². The summed E-state index contributed by atoms with van der Waals surface area (Å²) in [5.74, 6) is 6.89. The fourth-order valence-corrected chi connectivity index (χ4v) is 11.3. The summed E-state index contributed by atoms with van der Waals surface area (Å²) in [6.07, 6.45) is 5.87. The van der Waals surface area contributed by atoms with E-state index in [2.05, 4.69) is 71.5 Å². The number of likely N-dealkylation sites (N-methyl/N-ethyl adjacent to an activating group) is 2. The number of carbonyl (C=O) groups excluding carboxylic acids is 9. The SMILES string of the molecule is CC[C@H](NC)C(=O)N[C@@H]1C(=O)N2[C@@H](CC[C@@H]1CNC(=O)CCC#CC#CCCC(=O)NCCNC(=O)[C@@H](NC(=O)[C@@H]1CC[C@@H]3CC[C@H](CO)[C@H](NC(=O)[C@H](CC)NC)C(=O)N31)c1ccccc1)CC[C@H]2C(=O)NCc1ccccc1. The van der Waals surface area contributed by atoms with Crippen molar-refractivity contribution >= 4 is 53.2 Å². The van der Waals surface area contributed by atoms with Crippen molar-refractivity contribution in [1.29, 1.82) is 0 Å². The molecule has 4 heterocycles. The molecule has 21 nitrogen and oxygen atoms in total. The van der Waals surface area contributed by atoms with E-state index in [9.17, 15) is 48.3 Å². The maximum atomic E-state index is 14.4. The van der Waals surface area contributed by atoms with Crippen LogP contribution in [0.3, 0.4) is 0 Å². The molecule has 432 valence electrons. The van der Waals surface area contributed by atoms with Crippen LogP contribution in [0.5, 0.6) is 0 Å². The van der Waals surface area contributed by atoms with Crippen molar-refractivity contribution < 1.29 is 48.3 Å². The van der Waals surface area contributed by atoms with Gasteiger partial charge in [0.15, 0.2) is 0 Å². The first-order chi connectivity index (χ1) is 38.7.